The Morgan fingerprint density at radius 1 is 1.00 bits per heavy atom. The first-order chi connectivity index (χ1) is 15.5. The summed E-state index contributed by atoms with van der Waals surface area (Å²) in [6, 6.07) is 18.6. The fourth-order valence-corrected chi connectivity index (χ4v) is 3.35. The van der Waals surface area contributed by atoms with Crippen LogP contribution in [0.2, 0.25) is 0 Å². The van der Waals surface area contributed by atoms with Crippen molar-refractivity contribution in [3.8, 4) is 16.9 Å². The zero-order valence-electron chi connectivity index (χ0n) is 16.7. The highest BCUT2D eigenvalue weighted by molar-refractivity contribution is 9.10. The van der Waals surface area contributed by atoms with Gasteiger partial charge in [-0.25, -0.2) is 9.07 Å². The Morgan fingerprint density at radius 3 is 2.44 bits per heavy atom. The monoisotopic (exact) mass is 496 g/mol. The smallest absolute Gasteiger partial charge is 0.287 e. The maximum absolute atomic E-state index is 13.4. The van der Waals surface area contributed by atoms with E-state index in [4.69, 9.17) is 4.42 Å². The largest absolute Gasteiger partial charge is 0.444 e. The lowest BCUT2D eigenvalue weighted by Crippen LogP contribution is -2.36. The SMILES string of the molecule is O=C(CNC(=O)c1ccc(Br)o1)NCc1cn(-c2ccccc2)nc1-c1ccc(F)cc1. The first-order valence-electron chi connectivity index (χ1n) is 9.70. The van der Waals surface area contributed by atoms with Crippen molar-refractivity contribution in [3.05, 3.63) is 94.7 Å². The van der Waals surface area contributed by atoms with E-state index in [0.29, 0.717) is 10.4 Å². The van der Waals surface area contributed by atoms with Crippen molar-refractivity contribution in [3.63, 3.8) is 0 Å². The third-order valence-electron chi connectivity index (χ3n) is 4.61. The minimum Gasteiger partial charge on any atom is -0.444 e. The number of halogens is 2. The van der Waals surface area contributed by atoms with E-state index < -0.39 is 5.91 Å². The summed E-state index contributed by atoms with van der Waals surface area (Å²) in [6.07, 6.45) is 1.81. The molecule has 9 heteroatoms. The quantitative estimate of drug-likeness (QED) is 0.403. The number of hydrogen-bond acceptors (Lipinski definition) is 4. The molecule has 4 rings (SSSR count). The number of nitrogens with one attached hydrogen (secondary N) is 2. The third-order valence-corrected chi connectivity index (χ3v) is 5.04. The van der Waals surface area contributed by atoms with Crippen molar-refractivity contribution in [2.45, 2.75) is 6.54 Å². The number of carbonyl (C=O) groups is 2. The Hall–Kier alpha value is -3.72. The van der Waals surface area contributed by atoms with Crippen molar-refractivity contribution in [2.24, 2.45) is 0 Å². The highest BCUT2D eigenvalue weighted by Crippen LogP contribution is 2.24. The fourth-order valence-electron chi connectivity index (χ4n) is 3.04. The van der Waals surface area contributed by atoms with Gasteiger partial charge < -0.3 is 15.1 Å². The molecule has 32 heavy (non-hydrogen) atoms. The average molecular weight is 497 g/mol. The first-order valence-corrected chi connectivity index (χ1v) is 10.5. The van der Waals surface area contributed by atoms with Crippen LogP contribution in [0.4, 0.5) is 4.39 Å². The van der Waals surface area contributed by atoms with Gasteiger partial charge in [-0.05, 0) is 64.5 Å². The number of amides is 2. The number of benzene rings is 2. The van der Waals surface area contributed by atoms with Gasteiger partial charge in [0.25, 0.3) is 5.91 Å². The molecule has 0 atom stereocenters. The Kier molecular flexibility index (Phi) is 6.46. The summed E-state index contributed by atoms with van der Waals surface area (Å²) in [6.45, 7) is -0.0313. The van der Waals surface area contributed by atoms with Gasteiger partial charge in [-0.1, -0.05) is 18.2 Å². The molecule has 2 N–H and O–H groups in total. The highest BCUT2D eigenvalue weighted by Gasteiger charge is 2.15. The standard InChI is InChI=1S/C23H18BrFN4O3/c24-20-11-10-19(32-20)23(31)27-13-21(30)26-12-16-14-29(18-4-2-1-3-5-18)28-22(16)15-6-8-17(25)9-7-15/h1-11,14H,12-13H2,(H,26,30)(H,27,31). The van der Waals surface area contributed by atoms with Crippen LogP contribution in [0.5, 0.6) is 0 Å². The normalized spacial score (nSPS) is 10.7. The minimum absolute atomic E-state index is 0.104. The van der Waals surface area contributed by atoms with Gasteiger partial charge in [0, 0.05) is 23.9 Å². The van der Waals surface area contributed by atoms with E-state index in [2.05, 4.69) is 31.7 Å². The number of para-hydroxylation sites is 1. The van der Waals surface area contributed by atoms with Crippen molar-refractivity contribution >= 4 is 27.7 Å². The van der Waals surface area contributed by atoms with Crippen LogP contribution in [0.3, 0.4) is 0 Å². The molecular weight excluding hydrogens is 479 g/mol. The van der Waals surface area contributed by atoms with Gasteiger partial charge in [0.15, 0.2) is 10.4 Å². The molecule has 0 saturated carbocycles. The van der Waals surface area contributed by atoms with E-state index in [1.54, 1.807) is 22.9 Å². The summed E-state index contributed by atoms with van der Waals surface area (Å²) in [5.74, 6) is -1.10. The second-order valence-corrected chi connectivity index (χ2v) is 7.63. The maximum Gasteiger partial charge on any atom is 0.287 e. The van der Waals surface area contributed by atoms with Gasteiger partial charge in [0.1, 0.15) is 5.82 Å². The van der Waals surface area contributed by atoms with E-state index in [-0.39, 0.29) is 30.6 Å². The van der Waals surface area contributed by atoms with Gasteiger partial charge in [-0.2, -0.15) is 5.10 Å². The van der Waals surface area contributed by atoms with Gasteiger partial charge in [0.2, 0.25) is 5.91 Å². The highest BCUT2D eigenvalue weighted by atomic mass is 79.9. The second-order valence-electron chi connectivity index (χ2n) is 6.85. The predicted molar refractivity (Wildman–Crippen MR) is 120 cm³/mol. The van der Waals surface area contributed by atoms with Crippen molar-refractivity contribution < 1.29 is 18.4 Å². The molecule has 2 heterocycles. The van der Waals surface area contributed by atoms with E-state index in [0.717, 1.165) is 16.8 Å². The predicted octanol–water partition coefficient (Wildman–Crippen LogP) is 4.08. The zero-order chi connectivity index (χ0) is 22.5. The average Bonchev–Trinajstić information content (AvgIpc) is 3.44. The number of carbonyl (C=O) groups excluding carboxylic acids is 2. The van der Waals surface area contributed by atoms with E-state index >= 15 is 0 Å². The molecule has 0 aliphatic carbocycles. The lowest BCUT2D eigenvalue weighted by atomic mass is 10.1. The topological polar surface area (TPSA) is 89.2 Å². The summed E-state index contributed by atoms with van der Waals surface area (Å²) < 4.78 is 20.7. The molecule has 0 bridgehead atoms. The molecule has 0 unspecified atom stereocenters. The lowest BCUT2D eigenvalue weighted by Gasteiger charge is -2.06. The van der Waals surface area contributed by atoms with Gasteiger partial charge in [-0.3, -0.25) is 9.59 Å². The van der Waals surface area contributed by atoms with Crippen LogP contribution in [0.1, 0.15) is 16.1 Å². The van der Waals surface area contributed by atoms with E-state index in [9.17, 15) is 14.0 Å². The molecular formula is C23H18BrFN4O3. The third kappa shape index (κ3) is 5.12. The molecule has 0 fully saturated rings. The number of hydrogen-bond donors (Lipinski definition) is 2. The van der Waals surface area contributed by atoms with Crippen LogP contribution in [-0.4, -0.2) is 28.1 Å². The first kappa shape index (κ1) is 21.5. The molecule has 2 aromatic heterocycles. The number of rotatable bonds is 7. The van der Waals surface area contributed by atoms with Crippen LogP contribution in [-0.2, 0) is 11.3 Å². The van der Waals surface area contributed by atoms with Gasteiger partial charge >= 0.3 is 0 Å². The number of furan rings is 1. The Bertz CT molecular complexity index is 1240. The van der Waals surface area contributed by atoms with Crippen LogP contribution >= 0.6 is 15.9 Å². The molecule has 0 aliphatic heterocycles. The molecule has 7 nitrogen and oxygen atoms in total. The molecule has 2 aromatic carbocycles. The summed E-state index contributed by atoms with van der Waals surface area (Å²) in [5, 5.41) is 9.91. The van der Waals surface area contributed by atoms with Crippen molar-refractivity contribution in [1.29, 1.82) is 0 Å². The fraction of sp³-hybridized carbons (Fsp3) is 0.0870. The summed E-state index contributed by atoms with van der Waals surface area (Å²) in [4.78, 5) is 24.3. The zero-order valence-corrected chi connectivity index (χ0v) is 18.3. The van der Waals surface area contributed by atoms with Crippen LogP contribution < -0.4 is 10.6 Å². The Morgan fingerprint density at radius 2 is 1.75 bits per heavy atom. The van der Waals surface area contributed by atoms with E-state index in [1.165, 1.54) is 18.2 Å². The number of nitrogens with zero attached hydrogens (tertiary/aromatic N) is 2. The van der Waals surface area contributed by atoms with E-state index in [1.807, 2.05) is 36.5 Å². The molecule has 2 amide bonds. The summed E-state index contributed by atoms with van der Waals surface area (Å²) in [5.41, 5.74) is 2.95. The second kappa shape index (κ2) is 9.61. The molecule has 4 aromatic rings. The minimum atomic E-state index is -0.491. The Labute approximate surface area is 191 Å². The maximum atomic E-state index is 13.4. The summed E-state index contributed by atoms with van der Waals surface area (Å²) >= 11 is 3.13. The Balaban J connectivity index is 1.47. The summed E-state index contributed by atoms with van der Waals surface area (Å²) in [7, 11) is 0. The van der Waals surface area contributed by atoms with Crippen LogP contribution in [0.15, 0.2) is 82.0 Å². The molecule has 0 saturated heterocycles. The van der Waals surface area contributed by atoms with Crippen LogP contribution in [0, 0.1) is 5.82 Å². The van der Waals surface area contributed by atoms with Crippen molar-refractivity contribution in [2.75, 3.05) is 6.54 Å². The number of aromatic nitrogens is 2. The molecule has 162 valence electrons. The van der Waals surface area contributed by atoms with Gasteiger partial charge in [-0.15, -0.1) is 0 Å². The molecule has 0 aliphatic rings. The molecule has 0 radical (unpaired) electrons. The van der Waals surface area contributed by atoms with Crippen LogP contribution in [0.25, 0.3) is 16.9 Å². The lowest BCUT2D eigenvalue weighted by molar-refractivity contribution is -0.120. The van der Waals surface area contributed by atoms with Gasteiger partial charge in [0.05, 0.1) is 17.9 Å². The van der Waals surface area contributed by atoms with Crippen molar-refractivity contribution in [1.82, 2.24) is 20.4 Å². The molecule has 0 spiro atoms.